The molecule has 0 aliphatic heterocycles. The summed E-state index contributed by atoms with van der Waals surface area (Å²) in [5.74, 6) is -0.170. The van der Waals surface area contributed by atoms with Gasteiger partial charge in [-0.3, -0.25) is 9.52 Å². The largest absolute Gasteiger partial charge is 0.339 e. The van der Waals surface area contributed by atoms with Crippen LogP contribution < -0.4 is 4.72 Å². The van der Waals surface area contributed by atoms with E-state index in [9.17, 15) is 13.2 Å². The minimum Gasteiger partial charge on any atom is -0.339 e. The summed E-state index contributed by atoms with van der Waals surface area (Å²) >= 11 is 0. The Kier molecular flexibility index (Phi) is 6.20. The van der Waals surface area contributed by atoms with Crippen LogP contribution in [0, 0.1) is 0 Å². The van der Waals surface area contributed by atoms with Gasteiger partial charge in [-0.2, -0.15) is 0 Å². The molecule has 0 aromatic heterocycles. The summed E-state index contributed by atoms with van der Waals surface area (Å²) in [7, 11) is -3.76. The number of nitrogens with one attached hydrogen (secondary N) is 1. The predicted octanol–water partition coefficient (Wildman–Crippen LogP) is 3.53. The summed E-state index contributed by atoms with van der Waals surface area (Å²) in [5.41, 5.74) is 1.85. The van der Waals surface area contributed by atoms with Crippen molar-refractivity contribution in [3.05, 3.63) is 59.7 Å². The van der Waals surface area contributed by atoms with Crippen molar-refractivity contribution in [1.29, 1.82) is 0 Å². The first-order chi connectivity index (χ1) is 11.9. The minimum absolute atomic E-state index is 0.0800. The molecule has 6 heteroatoms. The Morgan fingerprint density at radius 2 is 1.68 bits per heavy atom. The number of amides is 1. The molecule has 2 aromatic rings. The monoisotopic (exact) mass is 360 g/mol. The number of hydrogen-bond donors (Lipinski definition) is 1. The van der Waals surface area contributed by atoms with Crippen LogP contribution in [0.2, 0.25) is 0 Å². The van der Waals surface area contributed by atoms with Gasteiger partial charge < -0.3 is 4.90 Å². The van der Waals surface area contributed by atoms with E-state index in [-0.39, 0.29) is 10.8 Å². The SMILES string of the molecule is CCc1ccccc1NS(=O)(=O)c1cccc(C(=O)N(CC)CC)c1. The van der Waals surface area contributed by atoms with E-state index in [0.717, 1.165) is 12.0 Å². The third-order valence-corrected chi connectivity index (χ3v) is 5.45. The molecule has 0 aliphatic rings. The van der Waals surface area contributed by atoms with E-state index < -0.39 is 10.0 Å². The molecule has 0 heterocycles. The molecule has 0 saturated carbocycles. The van der Waals surface area contributed by atoms with Crippen molar-refractivity contribution in [3.63, 3.8) is 0 Å². The maximum atomic E-state index is 12.7. The maximum absolute atomic E-state index is 12.7. The number of benzene rings is 2. The second kappa shape index (κ2) is 8.16. The fourth-order valence-electron chi connectivity index (χ4n) is 2.62. The number of sulfonamides is 1. The summed E-state index contributed by atoms with van der Waals surface area (Å²) in [5, 5.41) is 0. The van der Waals surface area contributed by atoms with Crippen molar-refractivity contribution in [2.24, 2.45) is 0 Å². The molecule has 1 amide bonds. The number of hydrogen-bond acceptors (Lipinski definition) is 3. The number of carbonyl (C=O) groups is 1. The van der Waals surface area contributed by atoms with Gasteiger partial charge in [-0.05, 0) is 50.1 Å². The Morgan fingerprint density at radius 3 is 2.32 bits per heavy atom. The lowest BCUT2D eigenvalue weighted by atomic mass is 10.1. The van der Waals surface area contributed by atoms with Crippen molar-refractivity contribution in [1.82, 2.24) is 4.90 Å². The summed E-state index contributed by atoms with van der Waals surface area (Å²) in [6.45, 7) is 6.91. The van der Waals surface area contributed by atoms with E-state index in [1.807, 2.05) is 32.9 Å². The number of rotatable bonds is 7. The molecule has 0 spiro atoms. The highest BCUT2D eigenvalue weighted by Gasteiger charge is 2.19. The van der Waals surface area contributed by atoms with Crippen LogP contribution in [0.15, 0.2) is 53.4 Å². The Labute approximate surface area is 149 Å². The Bertz CT molecular complexity index is 843. The van der Waals surface area contributed by atoms with Gasteiger partial charge in [-0.1, -0.05) is 31.2 Å². The molecule has 25 heavy (non-hydrogen) atoms. The molecule has 5 nitrogen and oxygen atoms in total. The average Bonchev–Trinajstić information content (AvgIpc) is 2.63. The number of para-hydroxylation sites is 1. The lowest BCUT2D eigenvalue weighted by molar-refractivity contribution is 0.0772. The fourth-order valence-corrected chi connectivity index (χ4v) is 3.77. The molecular weight excluding hydrogens is 336 g/mol. The average molecular weight is 360 g/mol. The molecule has 0 radical (unpaired) electrons. The zero-order chi connectivity index (χ0) is 18.4. The smallest absolute Gasteiger partial charge is 0.261 e. The highest BCUT2D eigenvalue weighted by atomic mass is 32.2. The van der Waals surface area contributed by atoms with Crippen LogP contribution in [0.4, 0.5) is 5.69 Å². The molecule has 0 aliphatic carbocycles. The molecule has 0 fully saturated rings. The van der Waals surface area contributed by atoms with E-state index in [4.69, 9.17) is 0 Å². The summed E-state index contributed by atoms with van der Waals surface area (Å²) in [6, 6.07) is 13.4. The standard InChI is InChI=1S/C19H24N2O3S/c1-4-15-10-7-8-13-18(15)20-25(23,24)17-12-9-11-16(14-17)19(22)21(5-2)6-3/h7-14,20H,4-6H2,1-3H3. The quantitative estimate of drug-likeness (QED) is 0.821. The zero-order valence-electron chi connectivity index (χ0n) is 14.8. The fraction of sp³-hybridized carbons (Fsp3) is 0.316. The van der Waals surface area contributed by atoms with Gasteiger partial charge in [0, 0.05) is 18.7 Å². The van der Waals surface area contributed by atoms with Gasteiger partial charge in [0.05, 0.1) is 10.6 Å². The van der Waals surface area contributed by atoms with Crippen molar-refractivity contribution in [2.75, 3.05) is 17.8 Å². The van der Waals surface area contributed by atoms with Crippen LogP contribution in [-0.4, -0.2) is 32.3 Å². The molecular formula is C19H24N2O3S. The molecule has 134 valence electrons. The zero-order valence-corrected chi connectivity index (χ0v) is 15.6. The van der Waals surface area contributed by atoms with Gasteiger partial charge in [0.15, 0.2) is 0 Å². The van der Waals surface area contributed by atoms with Crippen LogP contribution in [-0.2, 0) is 16.4 Å². The summed E-state index contributed by atoms with van der Waals surface area (Å²) in [4.78, 5) is 14.2. The molecule has 0 saturated heterocycles. The van der Waals surface area contributed by atoms with Gasteiger partial charge in [0.1, 0.15) is 0 Å². The van der Waals surface area contributed by atoms with Crippen LogP contribution in [0.25, 0.3) is 0 Å². The summed E-state index contributed by atoms with van der Waals surface area (Å²) < 4.78 is 28.1. The third-order valence-electron chi connectivity index (χ3n) is 4.08. The van der Waals surface area contributed by atoms with E-state index in [2.05, 4.69) is 4.72 Å². The number of nitrogens with zero attached hydrogens (tertiary/aromatic N) is 1. The molecule has 0 bridgehead atoms. The first kappa shape index (κ1) is 19.0. The first-order valence-electron chi connectivity index (χ1n) is 8.43. The van der Waals surface area contributed by atoms with Crippen LogP contribution in [0.5, 0.6) is 0 Å². The third kappa shape index (κ3) is 4.39. The van der Waals surface area contributed by atoms with Gasteiger partial charge >= 0.3 is 0 Å². The number of anilines is 1. The topological polar surface area (TPSA) is 66.5 Å². The lowest BCUT2D eigenvalue weighted by Gasteiger charge is -2.19. The van der Waals surface area contributed by atoms with Gasteiger partial charge in [-0.15, -0.1) is 0 Å². The maximum Gasteiger partial charge on any atom is 0.261 e. The van der Waals surface area contributed by atoms with Gasteiger partial charge in [0.2, 0.25) is 0 Å². The second-order valence-corrected chi connectivity index (χ2v) is 7.30. The minimum atomic E-state index is -3.76. The first-order valence-corrected chi connectivity index (χ1v) is 9.91. The van der Waals surface area contributed by atoms with E-state index >= 15 is 0 Å². The number of carbonyl (C=O) groups excluding carboxylic acids is 1. The Hall–Kier alpha value is -2.34. The highest BCUT2D eigenvalue weighted by Crippen LogP contribution is 2.21. The van der Waals surface area contributed by atoms with Gasteiger partial charge in [-0.25, -0.2) is 8.42 Å². The van der Waals surface area contributed by atoms with Crippen LogP contribution in [0.1, 0.15) is 36.7 Å². The van der Waals surface area contributed by atoms with Crippen LogP contribution >= 0.6 is 0 Å². The normalized spacial score (nSPS) is 11.2. The molecule has 2 rings (SSSR count). The predicted molar refractivity (Wildman–Crippen MR) is 100 cm³/mol. The Balaban J connectivity index is 2.34. The van der Waals surface area contributed by atoms with Crippen molar-refractivity contribution >= 4 is 21.6 Å². The van der Waals surface area contributed by atoms with E-state index in [0.29, 0.717) is 24.3 Å². The van der Waals surface area contributed by atoms with Crippen molar-refractivity contribution < 1.29 is 13.2 Å². The van der Waals surface area contributed by atoms with Crippen LogP contribution in [0.3, 0.4) is 0 Å². The van der Waals surface area contributed by atoms with Gasteiger partial charge in [0.25, 0.3) is 15.9 Å². The number of aryl methyl sites for hydroxylation is 1. The summed E-state index contributed by atoms with van der Waals surface area (Å²) in [6.07, 6.45) is 0.721. The Morgan fingerprint density at radius 1 is 1.00 bits per heavy atom. The molecule has 2 aromatic carbocycles. The second-order valence-electron chi connectivity index (χ2n) is 5.62. The molecule has 0 atom stereocenters. The van der Waals surface area contributed by atoms with Crippen molar-refractivity contribution in [2.45, 2.75) is 32.1 Å². The van der Waals surface area contributed by atoms with E-state index in [1.165, 1.54) is 12.1 Å². The molecule has 0 unspecified atom stereocenters. The highest BCUT2D eigenvalue weighted by molar-refractivity contribution is 7.92. The lowest BCUT2D eigenvalue weighted by Crippen LogP contribution is -2.30. The molecule has 1 N–H and O–H groups in total. The van der Waals surface area contributed by atoms with E-state index in [1.54, 1.807) is 29.2 Å². The van der Waals surface area contributed by atoms with Crippen molar-refractivity contribution in [3.8, 4) is 0 Å².